The number of rotatable bonds is 9. The maximum absolute atomic E-state index is 14.3. The van der Waals surface area contributed by atoms with Crippen LogP contribution in [0.4, 0.5) is 4.79 Å². The third kappa shape index (κ3) is 7.48. The van der Waals surface area contributed by atoms with Crippen LogP contribution in [0.1, 0.15) is 54.7 Å². The Bertz CT molecular complexity index is 1940. The van der Waals surface area contributed by atoms with Gasteiger partial charge in [0.2, 0.25) is 5.91 Å². The molecule has 2 fully saturated rings. The van der Waals surface area contributed by atoms with Gasteiger partial charge in [-0.05, 0) is 83.5 Å². The van der Waals surface area contributed by atoms with E-state index in [2.05, 4.69) is 17.6 Å². The normalized spacial score (nSPS) is 21.2. The Morgan fingerprint density at radius 2 is 1.51 bits per heavy atom. The van der Waals surface area contributed by atoms with E-state index < -0.39 is 39.3 Å². The summed E-state index contributed by atoms with van der Waals surface area (Å²) in [6.07, 6.45) is 0.771. The zero-order chi connectivity index (χ0) is 35.4. The molecular formula is C39H39ClN2O8S. The number of amides is 2. The smallest absolute Gasteiger partial charge is 0.409 e. The van der Waals surface area contributed by atoms with Gasteiger partial charge in [-0.3, -0.25) is 4.79 Å². The van der Waals surface area contributed by atoms with Gasteiger partial charge in [0.05, 0.1) is 12.2 Å². The fourth-order valence-corrected chi connectivity index (χ4v) is 9.42. The number of nitrogens with zero attached hydrogens (tertiary/aromatic N) is 1. The lowest BCUT2D eigenvalue weighted by atomic mass is 9.90. The Morgan fingerprint density at radius 3 is 2.16 bits per heavy atom. The Labute approximate surface area is 302 Å². The second-order valence-corrected chi connectivity index (χ2v) is 15.9. The number of nitrogens with one attached hydrogen (secondary N) is 1. The molecule has 3 aliphatic rings. The molecule has 2 atom stereocenters. The van der Waals surface area contributed by atoms with Gasteiger partial charge in [-0.1, -0.05) is 72.3 Å². The molecule has 51 heavy (non-hydrogen) atoms. The van der Waals surface area contributed by atoms with Crippen molar-refractivity contribution in [2.75, 3.05) is 32.1 Å². The molecule has 12 heteroatoms. The van der Waals surface area contributed by atoms with Gasteiger partial charge in [0, 0.05) is 37.1 Å². The van der Waals surface area contributed by atoms with Crippen LogP contribution in [-0.4, -0.2) is 63.7 Å². The minimum Gasteiger partial charge on any atom is -0.457 e. The number of halogens is 1. The first-order valence-corrected chi connectivity index (χ1v) is 19.2. The Kier molecular flexibility index (Phi) is 10.3. The number of fused-ring (bicyclic) bond motifs is 3. The third-order valence-electron chi connectivity index (χ3n) is 9.92. The fourth-order valence-electron chi connectivity index (χ4n) is 7.20. The van der Waals surface area contributed by atoms with Gasteiger partial charge >= 0.3 is 6.09 Å². The van der Waals surface area contributed by atoms with Crippen LogP contribution >= 0.6 is 11.6 Å². The van der Waals surface area contributed by atoms with Crippen molar-refractivity contribution < 1.29 is 37.1 Å². The molecule has 10 nitrogen and oxygen atoms in total. The average Bonchev–Trinajstić information content (AvgIpc) is 3.40. The van der Waals surface area contributed by atoms with Gasteiger partial charge in [-0.2, -0.15) is 0 Å². The molecule has 266 valence electrons. The molecule has 0 radical (unpaired) electrons. The largest absolute Gasteiger partial charge is 0.457 e. The summed E-state index contributed by atoms with van der Waals surface area (Å²) in [5.41, 5.74) is 7.23. The molecule has 0 bridgehead atoms. The molecule has 0 spiro atoms. The summed E-state index contributed by atoms with van der Waals surface area (Å²) in [7, 11) is -4.02. The molecule has 1 aliphatic carbocycles. The standard InChI is InChI=1S/C39H39ClN2O8S/c40-28-14-18-30(19-15-28)49-29-16-12-27(13-17-29)39(25-36(43)41-50-37-11-5-6-23-47-37)20-21-42(22-24-51(39,45)46)38(44)48-26-35-33-9-3-1-7-31(33)32-8-2-4-10-34(32)35/h1-4,7-10,12-19,35,37H,5-6,11,20-26H2,(H,41,43). The predicted molar refractivity (Wildman–Crippen MR) is 192 cm³/mol. The predicted octanol–water partition coefficient (Wildman–Crippen LogP) is 7.36. The second kappa shape index (κ2) is 15.1. The minimum absolute atomic E-state index is 0.0374. The van der Waals surface area contributed by atoms with Gasteiger partial charge in [0.15, 0.2) is 16.1 Å². The first-order valence-electron chi connectivity index (χ1n) is 17.1. The highest BCUT2D eigenvalue weighted by molar-refractivity contribution is 7.92. The van der Waals surface area contributed by atoms with E-state index in [1.807, 2.05) is 36.4 Å². The Morgan fingerprint density at radius 1 is 0.863 bits per heavy atom. The lowest BCUT2D eigenvalue weighted by Gasteiger charge is -2.32. The molecule has 2 amide bonds. The van der Waals surface area contributed by atoms with Crippen LogP contribution in [0.25, 0.3) is 11.1 Å². The Balaban J connectivity index is 1.10. The summed E-state index contributed by atoms with van der Waals surface area (Å²) in [6, 6.07) is 29.7. The minimum atomic E-state index is -4.02. The molecule has 0 saturated carbocycles. The van der Waals surface area contributed by atoms with Crippen molar-refractivity contribution in [3.8, 4) is 22.6 Å². The van der Waals surface area contributed by atoms with Crippen LogP contribution in [0.15, 0.2) is 97.1 Å². The van der Waals surface area contributed by atoms with E-state index in [0.717, 1.165) is 35.1 Å². The van der Waals surface area contributed by atoms with Gasteiger partial charge in [0.1, 0.15) is 22.9 Å². The summed E-state index contributed by atoms with van der Waals surface area (Å²) < 4.78 is 44.4. The maximum atomic E-state index is 14.3. The van der Waals surface area contributed by atoms with Gasteiger partial charge in [0.25, 0.3) is 0 Å². The monoisotopic (exact) mass is 730 g/mol. The number of sulfone groups is 1. The molecule has 2 saturated heterocycles. The van der Waals surface area contributed by atoms with E-state index in [9.17, 15) is 18.0 Å². The number of ether oxygens (including phenoxy) is 3. The topological polar surface area (TPSA) is 120 Å². The average molecular weight is 731 g/mol. The number of carbonyl (C=O) groups is 2. The van der Waals surface area contributed by atoms with Crippen LogP contribution in [0.3, 0.4) is 0 Å². The van der Waals surface area contributed by atoms with E-state index in [1.165, 1.54) is 4.90 Å². The SMILES string of the molecule is O=C(CC1(c2ccc(Oc3ccc(Cl)cc3)cc2)CCN(C(=O)OCC2c3ccccc3-c3ccccc32)CCS1(=O)=O)NOC1CCCCO1. The highest BCUT2D eigenvalue weighted by Gasteiger charge is 2.49. The van der Waals surface area contributed by atoms with E-state index >= 15 is 0 Å². The molecule has 4 aromatic rings. The van der Waals surface area contributed by atoms with Crippen molar-refractivity contribution in [1.29, 1.82) is 0 Å². The highest BCUT2D eigenvalue weighted by atomic mass is 35.5. The number of hydrogen-bond donors (Lipinski definition) is 1. The summed E-state index contributed by atoms with van der Waals surface area (Å²) in [6.45, 7) is 0.611. The summed E-state index contributed by atoms with van der Waals surface area (Å²) >= 11 is 6.01. The fraction of sp³-hybridized carbons (Fsp3) is 0.333. The van der Waals surface area contributed by atoms with Crippen molar-refractivity contribution in [1.82, 2.24) is 10.4 Å². The summed E-state index contributed by atoms with van der Waals surface area (Å²) in [5, 5.41) is 0.572. The van der Waals surface area contributed by atoms with Crippen LogP contribution in [0, 0.1) is 0 Å². The first-order chi connectivity index (χ1) is 24.7. The van der Waals surface area contributed by atoms with Crippen molar-refractivity contribution in [2.24, 2.45) is 0 Å². The zero-order valence-electron chi connectivity index (χ0n) is 28.0. The quantitative estimate of drug-likeness (QED) is 0.178. The van der Waals surface area contributed by atoms with Crippen LogP contribution in [0.2, 0.25) is 5.02 Å². The van der Waals surface area contributed by atoms with Crippen LogP contribution < -0.4 is 10.2 Å². The number of benzene rings is 4. The molecule has 2 heterocycles. The number of hydrogen-bond acceptors (Lipinski definition) is 8. The van der Waals surface area contributed by atoms with Crippen molar-refractivity contribution in [3.05, 3.63) is 119 Å². The van der Waals surface area contributed by atoms with E-state index in [1.54, 1.807) is 48.5 Å². The lowest BCUT2D eigenvalue weighted by Crippen LogP contribution is -2.43. The molecular weight excluding hydrogens is 692 g/mol. The maximum Gasteiger partial charge on any atom is 0.409 e. The molecule has 7 rings (SSSR count). The number of hydroxylamine groups is 1. The van der Waals surface area contributed by atoms with E-state index in [4.69, 9.17) is 30.6 Å². The first kappa shape index (κ1) is 35.0. The van der Waals surface area contributed by atoms with Crippen LogP contribution in [0.5, 0.6) is 11.5 Å². The molecule has 4 aromatic carbocycles. The van der Waals surface area contributed by atoms with Gasteiger partial charge in [-0.25, -0.2) is 23.5 Å². The lowest BCUT2D eigenvalue weighted by molar-refractivity contribution is -0.200. The van der Waals surface area contributed by atoms with Crippen molar-refractivity contribution in [3.63, 3.8) is 0 Å². The molecule has 2 aliphatic heterocycles. The van der Waals surface area contributed by atoms with Gasteiger partial charge < -0.3 is 19.1 Å². The number of carbonyl (C=O) groups excluding carboxylic acids is 2. The summed E-state index contributed by atoms with van der Waals surface area (Å²) in [5.74, 6) is -0.0700. The highest BCUT2D eigenvalue weighted by Crippen LogP contribution is 2.45. The third-order valence-corrected chi connectivity index (χ3v) is 12.7. The zero-order valence-corrected chi connectivity index (χ0v) is 29.5. The molecule has 0 aromatic heterocycles. The Hall–Kier alpha value is -4.42. The van der Waals surface area contributed by atoms with Crippen LogP contribution in [-0.2, 0) is 33.7 Å². The van der Waals surface area contributed by atoms with Crippen molar-refractivity contribution in [2.45, 2.75) is 49.1 Å². The van der Waals surface area contributed by atoms with Crippen molar-refractivity contribution >= 4 is 33.4 Å². The second-order valence-electron chi connectivity index (χ2n) is 13.1. The molecule has 2 unspecified atom stereocenters. The van der Waals surface area contributed by atoms with E-state index in [-0.39, 0.29) is 37.8 Å². The molecule has 1 N–H and O–H groups in total. The van der Waals surface area contributed by atoms with Gasteiger partial charge in [-0.15, -0.1) is 0 Å². The van der Waals surface area contributed by atoms with E-state index in [0.29, 0.717) is 35.1 Å². The summed E-state index contributed by atoms with van der Waals surface area (Å²) in [4.78, 5) is 34.0.